The number of carbonyl (C=O) groups is 2. The van der Waals surface area contributed by atoms with Gasteiger partial charge in [-0.2, -0.15) is 0 Å². The van der Waals surface area contributed by atoms with Crippen LogP contribution >= 0.6 is 19.8 Å². The van der Waals surface area contributed by atoms with Gasteiger partial charge < -0.3 is 4.90 Å². The minimum absolute atomic E-state index is 0.0583. The molecule has 1 amide bonds. The topological polar surface area (TPSA) is 112 Å². The Morgan fingerprint density at radius 2 is 2.00 bits per heavy atom. The summed E-state index contributed by atoms with van der Waals surface area (Å²) in [4.78, 5) is 32.7. The van der Waals surface area contributed by atoms with Crippen molar-refractivity contribution in [2.75, 3.05) is 41.7 Å². The minimum atomic E-state index is -2.31. The molecule has 8 nitrogen and oxygen atoms in total. The number of aliphatic imine (C=N–C) groups is 1. The van der Waals surface area contributed by atoms with Crippen molar-refractivity contribution in [1.29, 1.82) is 0 Å². The zero-order valence-corrected chi connectivity index (χ0v) is 23.0. The van der Waals surface area contributed by atoms with Gasteiger partial charge in [0.05, 0.1) is 0 Å². The van der Waals surface area contributed by atoms with Crippen LogP contribution in [0.3, 0.4) is 0 Å². The van der Waals surface area contributed by atoms with Gasteiger partial charge in [-0.3, -0.25) is 0 Å². The van der Waals surface area contributed by atoms with E-state index in [4.69, 9.17) is 5.73 Å². The summed E-state index contributed by atoms with van der Waals surface area (Å²) < 4.78 is 1.47. The third kappa shape index (κ3) is 6.71. The molecule has 1 fully saturated rings. The number of nitrogens with zero attached hydrogens (tertiary/aromatic N) is 2. The molecule has 0 aliphatic carbocycles. The van der Waals surface area contributed by atoms with Crippen LogP contribution in [0.1, 0.15) is 51.5 Å². The predicted octanol–water partition coefficient (Wildman–Crippen LogP) is 3.81. The maximum absolute atomic E-state index is 13.3. The van der Waals surface area contributed by atoms with E-state index in [0.29, 0.717) is 18.4 Å². The molecule has 0 radical (unpaired) electrons. The number of unbranched alkanes of at least 4 members (excludes halogenated alkanes) is 1. The summed E-state index contributed by atoms with van der Waals surface area (Å²) in [5.74, 6) is -0.335. The average molecular weight is 583 g/mol. The molecular weight excluding hydrogens is 543 g/mol. The standard InChI is InChI=1S/C25H39IN6O2/c1-5-7-12-26-22(33)21(23(27)34)24(31-25(26)28-13-6-2)30-19-8-9-20(17(3)16-19)29-18-10-14-32(4)15-11-18/h8-9,16,18,29-30H,5-7,10-15H2,1-4H3,(H2,27,34)(H,28,31). The van der Waals surface area contributed by atoms with Crippen LogP contribution in [-0.4, -0.2) is 55.6 Å². The van der Waals surface area contributed by atoms with Crippen LogP contribution in [0.2, 0.25) is 0 Å². The summed E-state index contributed by atoms with van der Waals surface area (Å²) in [6, 6.07) is 6.52. The molecule has 0 atom stereocenters. The van der Waals surface area contributed by atoms with Crippen molar-refractivity contribution >= 4 is 44.7 Å². The van der Waals surface area contributed by atoms with Crippen LogP contribution in [0.25, 0.3) is 0 Å². The normalized spacial score (nSPS) is 19.9. The molecule has 0 spiro atoms. The Morgan fingerprint density at radius 1 is 1.26 bits per heavy atom. The van der Waals surface area contributed by atoms with E-state index in [1.807, 2.05) is 12.1 Å². The van der Waals surface area contributed by atoms with E-state index in [1.165, 1.54) is 0 Å². The van der Waals surface area contributed by atoms with E-state index < -0.39 is 25.7 Å². The second-order valence-electron chi connectivity index (χ2n) is 8.97. The second-order valence-corrected chi connectivity index (χ2v) is 14.1. The van der Waals surface area contributed by atoms with E-state index in [2.05, 4.69) is 59.7 Å². The SMILES string of the molecule is CCCCI1C(=O)C(C(N)=O)=C(Nc2ccc(NC3CCN(C)CC3)c(C)c2)NC1=NCCC. The quantitative estimate of drug-likeness (QED) is 0.110. The Bertz CT molecular complexity index is 953. The molecule has 2 aliphatic heterocycles. The summed E-state index contributed by atoms with van der Waals surface area (Å²) in [7, 11) is 2.16. The van der Waals surface area contributed by atoms with Crippen LogP contribution in [0.4, 0.5) is 11.4 Å². The Kier molecular flexibility index (Phi) is 9.75. The van der Waals surface area contributed by atoms with Crippen LogP contribution in [0, 0.1) is 6.92 Å². The van der Waals surface area contributed by atoms with Gasteiger partial charge in [0.2, 0.25) is 0 Å². The first kappa shape index (κ1) is 26.5. The number of alkyl halides is 1. The number of nitrogens with two attached hydrogens (primary N) is 1. The number of amides is 1. The van der Waals surface area contributed by atoms with Crippen molar-refractivity contribution in [3.8, 4) is 0 Å². The number of likely N-dealkylation sites (tertiary alicyclic amines) is 1. The summed E-state index contributed by atoms with van der Waals surface area (Å²) in [5.41, 5.74) is 8.74. The first-order chi connectivity index (χ1) is 16.3. The molecule has 9 heteroatoms. The molecule has 1 aromatic carbocycles. The first-order valence-electron chi connectivity index (χ1n) is 12.2. The van der Waals surface area contributed by atoms with Crippen molar-refractivity contribution in [3.63, 3.8) is 0 Å². The number of anilines is 2. The Hall–Kier alpha value is -2.14. The number of hydrogen-bond acceptors (Lipinski definition) is 6. The number of amidine groups is 1. The van der Waals surface area contributed by atoms with Gasteiger partial charge in [0.1, 0.15) is 0 Å². The number of hydrogen-bond donors (Lipinski definition) is 4. The molecule has 34 heavy (non-hydrogen) atoms. The molecule has 0 unspecified atom stereocenters. The third-order valence-electron chi connectivity index (χ3n) is 6.07. The molecule has 0 saturated carbocycles. The Labute approximate surface area is 210 Å². The fourth-order valence-corrected chi connectivity index (χ4v) is 9.44. The van der Waals surface area contributed by atoms with Crippen LogP contribution in [0.15, 0.2) is 34.6 Å². The van der Waals surface area contributed by atoms with Crippen molar-refractivity contribution in [1.82, 2.24) is 10.2 Å². The van der Waals surface area contributed by atoms with Gasteiger partial charge >= 0.3 is 199 Å². The third-order valence-corrected chi connectivity index (χ3v) is 11.5. The molecule has 2 heterocycles. The number of aryl methyl sites for hydroxylation is 1. The number of rotatable bonds is 10. The van der Waals surface area contributed by atoms with Crippen LogP contribution in [-0.2, 0) is 9.59 Å². The monoisotopic (exact) mass is 582 g/mol. The van der Waals surface area contributed by atoms with Gasteiger partial charge in [-0.25, -0.2) is 0 Å². The summed E-state index contributed by atoms with van der Waals surface area (Å²) in [6.45, 7) is 9.09. The van der Waals surface area contributed by atoms with Crippen molar-refractivity contribution < 1.29 is 9.59 Å². The Balaban J connectivity index is 1.82. The van der Waals surface area contributed by atoms with Crippen molar-refractivity contribution in [3.05, 3.63) is 35.2 Å². The summed E-state index contributed by atoms with van der Waals surface area (Å²) in [5, 5.41) is 10.2. The van der Waals surface area contributed by atoms with Crippen molar-refractivity contribution in [2.24, 2.45) is 10.7 Å². The van der Waals surface area contributed by atoms with E-state index in [1.54, 1.807) is 0 Å². The number of primary amides is 1. The van der Waals surface area contributed by atoms with Gasteiger partial charge in [0, 0.05) is 0 Å². The zero-order chi connectivity index (χ0) is 24.7. The molecule has 0 aromatic heterocycles. The van der Waals surface area contributed by atoms with E-state index in [-0.39, 0.29) is 9.36 Å². The van der Waals surface area contributed by atoms with Gasteiger partial charge in [0.25, 0.3) is 0 Å². The summed E-state index contributed by atoms with van der Waals surface area (Å²) >= 11 is -2.31. The average Bonchev–Trinajstić information content (AvgIpc) is 2.80. The fraction of sp³-hybridized carbons (Fsp3) is 0.560. The van der Waals surface area contributed by atoms with E-state index >= 15 is 0 Å². The molecule has 188 valence electrons. The molecular formula is C25H39IN6O2. The first-order valence-corrected chi connectivity index (χ1v) is 15.9. The molecule has 0 bridgehead atoms. The molecule has 5 N–H and O–H groups in total. The molecule has 3 rings (SSSR count). The number of halogens is 1. The molecule has 1 saturated heterocycles. The number of carbonyl (C=O) groups excluding carboxylic acids is 2. The van der Waals surface area contributed by atoms with Crippen LogP contribution in [0.5, 0.6) is 0 Å². The van der Waals surface area contributed by atoms with Gasteiger partial charge in [0.15, 0.2) is 0 Å². The fourth-order valence-electron chi connectivity index (χ4n) is 4.01. The predicted molar refractivity (Wildman–Crippen MR) is 150 cm³/mol. The number of benzene rings is 1. The zero-order valence-electron chi connectivity index (χ0n) is 20.8. The molecule has 2 aliphatic rings. The van der Waals surface area contributed by atoms with Gasteiger partial charge in [-0.15, -0.1) is 0 Å². The number of nitrogens with one attached hydrogen (secondary N) is 3. The van der Waals surface area contributed by atoms with Gasteiger partial charge in [-0.1, -0.05) is 0 Å². The Morgan fingerprint density at radius 3 is 2.62 bits per heavy atom. The number of piperidine rings is 1. The molecule has 1 aromatic rings. The maximum atomic E-state index is 13.3. The summed E-state index contributed by atoms with van der Waals surface area (Å²) in [6.07, 6.45) is 5.10. The second kappa shape index (κ2) is 12.5. The van der Waals surface area contributed by atoms with Gasteiger partial charge in [-0.05, 0) is 7.05 Å². The van der Waals surface area contributed by atoms with Crippen molar-refractivity contribution in [2.45, 2.75) is 58.9 Å². The van der Waals surface area contributed by atoms with Crippen LogP contribution < -0.4 is 21.7 Å². The van der Waals surface area contributed by atoms with E-state index in [0.717, 1.165) is 70.4 Å². The van der Waals surface area contributed by atoms with E-state index in [9.17, 15) is 9.59 Å².